The second kappa shape index (κ2) is 5.38. The number of carbonyl (C=O) groups excluding carboxylic acids is 1. The first-order valence-corrected chi connectivity index (χ1v) is 6.83. The molecule has 0 unspecified atom stereocenters. The number of amides is 1. The maximum absolute atomic E-state index is 11.8. The van der Waals surface area contributed by atoms with Crippen molar-refractivity contribution in [2.45, 2.75) is 83.8 Å². The van der Waals surface area contributed by atoms with Crippen LogP contribution in [0.5, 0.6) is 0 Å². The van der Waals surface area contributed by atoms with E-state index in [4.69, 9.17) is 0 Å². The number of hydrogen-bond donors (Lipinski definition) is 2. The Morgan fingerprint density at radius 1 is 1.24 bits per heavy atom. The van der Waals surface area contributed by atoms with Crippen LogP contribution >= 0.6 is 0 Å². The summed E-state index contributed by atoms with van der Waals surface area (Å²) in [5.74, 6) is 0.213. The standard InChI is InChI=1S/C14H28N2O/c1-6-7-8-12(17)15-11-9-13(2,3)16-14(4,5)10-11/h11,16H,6-10H2,1-5H3,(H,15,17). The molecule has 1 aliphatic heterocycles. The second-order valence-corrected chi connectivity index (χ2v) is 6.67. The average molecular weight is 240 g/mol. The van der Waals surface area contributed by atoms with Gasteiger partial charge < -0.3 is 10.6 Å². The SMILES string of the molecule is CCCCC(=O)NC1CC(C)(C)NC(C)(C)C1. The Bertz CT molecular complexity index is 255. The predicted octanol–water partition coefficient (Wildman–Crippen LogP) is 2.60. The van der Waals surface area contributed by atoms with E-state index in [1.165, 1.54) is 0 Å². The highest BCUT2D eigenvalue weighted by atomic mass is 16.1. The van der Waals surface area contributed by atoms with E-state index < -0.39 is 0 Å². The van der Waals surface area contributed by atoms with Gasteiger partial charge in [0.2, 0.25) is 5.91 Å². The van der Waals surface area contributed by atoms with Gasteiger partial charge >= 0.3 is 0 Å². The molecule has 1 heterocycles. The summed E-state index contributed by atoms with van der Waals surface area (Å²) in [5.41, 5.74) is 0.203. The first kappa shape index (κ1) is 14.5. The molecule has 0 saturated carbocycles. The van der Waals surface area contributed by atoms with E-state index in [2.05, 4.69) is 45.3 Å². The number of hydrogen-bond acceptors (Lipinski definition) is 2. The number of nitrogens with one attached hydrogen (secondary N) is 2. The largest absolute Gasteiger partial charge is 0.353 e. The fraction of sp³-hybridized carbons (Fsp3) is 0.929. The summed E-state index contributed by atoms with van der Waals surface area (Å²) in [6.45, 7) is 10.9. The van der Waals surface area contributed by atoms with Crippen LogP contribution in [0.4, 0.5) is 0 Å². The lowest BCUT2D eigenvalue weighted by atomic mass is 9.79. The Morgan fingerprint density at radius 3 is 2.24 bits per heavy atom. The summed E-state index contributed by atoms with van der Waals surface area (Å²) < 4.78 is 0. The second-order valence-electron chi connectivity index (χ2n) is 6.67. The first-order chi connectivity index (χ1) is 7.74. The Labute approximate surface area is 106 Å². The molecule has 3 nitrogen and oxygen atoms in total. The van der Waals surface area contributed by atoms with Crippen molar-refractivity contribution in [2.24, 2.45) is 0 Å². The molecular formula is C14H28N2O. The van der Waals surface area contributed by atoms with Crippen LogP contribution in [-0.4, -0.2) is 23.0 Å². The van der Waals surface area contributed by atoms with Crippen molar-refractivity contribution in [1.29, 1.82) is 0 Å². The van der Waals surface area contributed by atoms with Crippen molar-refractivity contribution in [1.82, 2.24) is 10.6 Å². The molecule has 3 heteroatoms. The third kappa shape index (κ3) is 5.07. The van der Waals surface area contributed by atoms with Crippen LogP contribution in [0.15, 0.2) is 0 Å². The van der Waals surface area contributed by atoms with Crippen LogP contribution in [0.1, 0.15) is 66.7 Å². The van der Waals surface area contributed by atoms with E-state index in [9.17, 15) is 4.79 Å². The number of unbranched alkanes of at least 4 members (excludes halogenated alkanes) is 1. The minimum atomic E-state index is 0.102. The molecule has 0 atom stereocenters. The quantitative estimate of drug-likeness (QED) is 0.793. The molecule has 2 N–H and O–H groups in total. The first-order valence-electron chi connectivity index (χ1n) is 6.83. The van der Waals surface area contributed by atoms with E-state index in [0.717, 1.165) is 25.7 Å². The molecule has 1 rings (SSSR count). The van der Waals surface area contributed by atoms with Crippen LogP contribution in [0.3, 0.4) is 0 Å². The number of rotatable bonds is 4. The summed E-state index contributed by atoms with van der Waals surface area (Å²) in [7, 11) is 0. The average Bonchev–Trinajstić information content (AvgIpc) is 2.09. The topological polar surface area (TPSA) is 41.1 Å². The molecule has 17 heavy (non-hydrogen) atoms. The van der Waals surface area contributed by atoms with Gasteiger partial charge in [-0.25, -0.2) is 0 Å². The monoisotopic (exact) mass is 240 g/mol. The summed E-state index contributed by atoms with van der Waals surface area (Å²) >= 11 is 0. The van der Waals surface area contributed by atoms with Gasteiger partial charge in [0.25, 0.3) is 0 Å². The van der Waals surface area contributed by atoms with Gasteiger partial charge in [0, 0.05) is 23.5 Å². The molecule has 1 aliphatic rings. The zero-order chi connectivity index (χ0) is 13.1. The van der Waals surface area contributed by atoms with Crippen molar-refractivity contribution >= 4 is 5.91 Å². The molecule has 0 aromatic heterocycles. The fourth-order valence-corrected chi connectivity index (χ4v) is 3.06. The summed E-state index contributed by atoms with van der Waals surface area (Å²) in [6.07, 6.45) is 4.75. The lowest BCUT2D eigenvalue weighted by Gasteiger charge is -2.46. The maximum atomic E-state index is 11.8. The van der Waals surface area contributed by atoms with Crippen molar-refractivity contribution in [3.63, 3.8) is 0 Å². The molecule has 0 radical (unpaired) electrons. The summed E-state index contributed by atoms with van der Waals surface area (Å²) in [4.78, 5) is 11.8. The van der Waals surface area contributed by atoms with Crippen LogP contribution < -0.4 is 10.6 Å². The smallest absolute Gasteiger partial charge is 0.220 e. The van der Waals surface area contributed by atoms with Gasteiger partial charge in [-0.15, -0.1) is 0 Å². The third-order valence-corrected chi connectivity index (χ3v) is 3.31. The highest BCUT2D eigenvalue weighted by molar-refractivity contribution is 5.76. The lowest BCUT2D eigenvalue weighted by molar-refractivity contribution is -0.122. The molecule has 1 amide bonds. The minimum Gasteiger partial charge on any atom is -0.353 e. The zero-order valence-corrected chi connectivity index (χ0v) is 12.0. The van der Waals surface area contributed by atoms with Gasteiger partial charge in [-0.1, -0.05) is 13.3 Å². The van der Waals surface area contributed by atoms with E-state index in [1.54, 1.807) is 0 Å². The Kier molecular flexibility index (Phi) is 4.59. The minimum absolute atomic E-state index is 0.102. The summed E-state index contributed by atoms with van der Waals surface area (Å²) in [5, 5.41) is 6.81. The Hall–Kier alpha value is -0.570. The molecular weight excluding hydrogens is 212 g/mol. The molecule has 0 aromatic rings. The molecule has 1 saturated heterocycles. The van der Waals surface area contributed by atoms with Gasteiger partial charge in [0.1, 0.15) is 0 Å². The molecule has 0 aromatic carbocycles. The zero-order valence-electron chi connectivity index (χ0n) is 12.0. The van der Waals surface area contributed by atoms with Crippen molar-refractivity contribution in [3.8, 4) is 0 Å². The van der Waals surface area contributed by atoms with Crippen LogP contribution in [0, 0.1) is 0 Å². The number of carbonyl (C=O) groups is 1. The summed E-state index contributed by atoms with van der Waals surface area (Å²) in [6, 6.07) is 0.311. The molecule has 0 bridgehead atoms. The molecule has 0 aliphatic carbocycles. The molecule has 0 spiro atoms. The van der Waals surface area contributed by atoms with Crippen LogP contribution in [0.2, 0.25) is 0 Å². The van der Waals surface area contributed by atoms with Crippen LogP contribution in [0.25, 0.3) is 0 Å². The van der Waals surface area contributed by atoms with Crippen molar-refractivity contribution in [3.05, 3.63) is 0 Å². The lowest BCUT2D eigenvalue weighted by Crippen LogP contribution is -2.62. The van der Waals surface area contributed by atoms with Gasteiger partial charge in [-0.05, 0) is 47.0 Å². The van der Waals surface area contributed by atoms with E-state index in [-0.39, 0.29) is 17.0 Å². The van der Waals surface area contributed by atoms with Gasteiger partial charge in [-0.2, -0.15) is 0 Å². The fourth-order valence-electron chi connectivity index (χ4n) is 3.06. The van der Waals surface area contributed by atoms with Gasteiger partial charge in [-0.3, -0.25) is 4.79 Å². The van der Waals surface area contributed by atoms with Crippen molar-refractivity contribution in [2.75, 3.05) is 0 Å². The van der Waals surface area contributed by atoms with Crippen molar-refractivity contribution < 1.29 is 4.79 Å². The Morgan fingerprint density at radius 2 is 1.76 bits per heavy atom. The van der Waals surface area contributed by atoms with Crippen LogP contribution in [-0.2, 0) is 4.79 Å². The number of piperidine rings is 1. The predicted molar refractivity (Wildman–Crippen MR) is 72.0 cm³/mol. The highest BCUT2D eigenvalue weighted by Crippen LogP contribution is 2.28. The van der Waals surface area contributed by atoms with E-state index in [0.29, 0.717) is 12.5 Å². The highest BCUT2D eigenvalue weighted by Gasteiger charge is 2.37. The molecule has 100 valence electrons. The van der Waals surface area contributed by atoms with Gasteiger partial charge in [0.15, 0.2) is 0 Å². The third-order valence-electron chi connectivity index (χ3n) is 3.31. The Balaban J connectivity index is 2.51. The molecule has 1 fully saturated rings. The van der Waals surface area contributed by atoms with E-state index in [1.807, 2.05) is 0 Å². The van der Waals surface area contributed by atoms with Gasteiger partial charge in [0.05, 0.1) is 0 Å². The normalized spacial score (nSPS) is 23.4. The maximum Gasteiger partial charge on any atom is 0.220 e. The van der Waals surface area contributed by atoms with E-state index >= 15 is 0 Å².